The standard InChI is InChI=1S/C14H24N4O2/c1-4-11-16-12(14(19)20-3)13(15)18(11)9-10-7-5-6-8-17(10)2/h10H,4-9,15H2,1-3H3. The Morgan fingerprint density at radius 2 is 2.25 bits per heavy atom. The van der Waals surface area contributed by atoms with Crippen molar-refractivity contribution in [3.05, 3.63) is 11.5 Å². The van der Waals surface area contributed by atoms with Crippen molar-refractivity contribution in [2.75, 3.05) is 26.4 Å². The summed E-state index contributed by atoms with van der Waals surface area (Å²) < 4.78 is 6.71. The molecule has 6 heteroatoms. The smallest absolute Gasteiger partial charge is 0.360 e. The van der Waals surface area contributed by atoms with Gasteiger partial charge in [-0.05, 0) is 26.4 Å². The molecule has 1 aromatic rings. The first-order chi connectivity index (χ1) is 9.58. The van der Waals surface area contributed by atoms with Gasteiger partial charge in [-0.15, -0.1) is 0 Å². The van der Waals surface area contributed by atoms with Crippen LogP contribution in [0.15, 0.2) is 0 Å². The number of nitrogens with zero attached hydrogens (tertiary/aromatic N) is 3. The largest absolute Gasteiger partial charge is 0.464 e. The van der Waals surface area contributed by atoms with E-state index in [1.54, 1.807) is 0 Å². The molecule has 1 unspecified atom stereocenters. The number of imidazole rings is 1. The van der Waals surface area contributed by atoms with E-state index in [9.17, 15) is 4.79 Å². The molecular formula is C14H24N4O2. The molecule has 2 rings (SSSR count). The third-order valence-electron chi connectivity index (χ3n) is 4.10. The monoisotopic (exact) mass is 280 g/mol. The molecule has 0 aromatic carbocycles. The molecule has 1 atom stereocenters. The fraction of sp³-hybridized carbons (Fsp3) is 0.714. The molecule has 112 valence electrons. The second-order valence-corrected chi connectivity index (χ2v) is 5.35. The third kappa shape index (κ3) is 2.80. The van der Waals surface area contributed by atoms with E-state index in [1.807, 2.05) is 11.5 Å². The van der Waals surface area contributed by atoms with Gasteiger partial charge in [-0.3, -0.25) is 0 Å². The second kappa shape index (κ2) is 6.26. The van der Waals surface area contributed by atoms with E-state index in [4.69, 9.17) is 10.5 Å². The number of likely N-dealkylation sites (N-methyl/N-ethyl adjacent to an activating group) is 1. The van der Waals surface area contributed by atoms with Crippen molar-refractivity contribution >= 4 is 11.8 Å². The number of methoxy groups -OCH3 is 1. The number of rotatable bonds is 4. The number of carbonyl (C=O) groups is 1. The Morgan fingerprint density at radius 1 is 1.50 bits per heavy atom. The molecule has 0 radical (unpaired) electrons. The fourth-order valence-corrected chi connectivity index (χ4v) is 2.82. The van der Waals surface area contributed by atoms with E-state index in [2.05, 4.69) is 16.9 Å². The molecule has 2 heterocycles. The van der Waals surface area contributed by atoms with E-state index in [0.29, 0.717) is 11.9 Å². The van der Waals surface area contributed by atoms with Crippen LogP contribution in [0.3, 0.4) is 0 Å². The van der Waals surface area contributed by atoms with Gasteiger partial charge in [0.1, 0.15) is 11.6 Å². The molecule has 0 spiro atoms. The molecule has 6 nitrogen and oxygen atoms in total. The second-order valence-electron chi connectivity index (χ2n) is 5.35. The maximum Gasteiger partial charge on any atom is 0.360 e. The van der Waals surface area contributed by atoms with Gasteiger partial charge in [0.25, 0.3) is 0 Å². The number of anilines is 1. The van der Waals surface area contributed by atoms with Gasteiger partial charge in [0.05, 0.1) is 7.11 Å². The van der Waals surface area contributed by atoms with Crippen LogP contribution in [-0.2, 0) is 17.7 Å². The maximum absolute atomic E-state index is 11.7. The molecule has 1 fully saturated rings. The maximum atomic E-state index is 11.7. The minimum atomic E-state index is -0.465. The molecule has 1 aliphatic rings. The number of nitrogen functional groups attached to an aromatic ring is 1. The number of carbonyl (C=O) groups excluding carboxylic acids is 1. The van der Waals surface area contributed by atoms with Crippen LogP contribution in [0, 0.1) is 0 Å². The van der Waals surface area contributed by atoms with Crippen LogP contribution >= 0.6 is 0 Å². The zero-order valence-electron chi connectivity index (χ0n) is 12.6. The Bertz CT molecular complexity index is 484. The van der Waals surface area contributed by atoms with Crippen molar-refractivity contribution < 1.29 is 9.53 Å². The van der Waals surface area contributed by atoms with Crippen LogP contribution in [0.1, 0.15) is 42.5 Å². The Hall–Kier alpha value is -1.56. The SMILES string of the molecule is CCc1nc(C(=O)OC)c(N)n1CC1CCCCN1C. The van der Waals surface area contributed by atoms with Gasteiger partial charge >= 0.3 is 5.97 Å². The van der Waals surface area contributed by atoms with E-state index in [0.717, 1.165) is 31.8 Å². The zero-order chi connectivity index (χ0) is 14.7. The van der Waals surface area contributed by atoms with Gasteiger partial charge in [-0.2, -0.15) is 0 Å². The number of aryl methyl sites for hydroxylation is 1. The average Bonchev–Trinajstić information content (AvgIpc) is 2.77. The predicted octanol–water partition coefficient (Wildman–Crippen LogP) is 1.30. The summed E-state index contributed by atoms with van der Waals surface area (Å²) in [6.07, 6.45) is 4.40. The van der Waals surface area contributed by atoms with Crippen molar-refractivity contribution in [2.24, 2.45) is 0 Å². The molecule has 20 heavy (non-hydrogen) atoms. The summed E-state index contributed by atoms with van der Waals surface area (Å²) in [6.45, 7) is 3.92. The minimum Gasteiger partial charge on any atom is -0.464 e. The summed E-state index contributed by atoms with van der Waals surface area (Å²) in [4.78, 5) is 18.4. The quantitative estimate of drug-likeness (QED) is 0.842. The number of ether oxygens (including phenoxy) is 1. The van der Waals surface area contributed by atoms with E-state index >= 15 is 0 Å². The lowest BCUT2D eigenvalue weighted by Gasteiger charge is -2.33. The minimum absolute atomic E-state index is 0.239. The van der Waals surface area contributed by atoms with Crippen LogP contribution in [-0.4, -0.2) is 47.2 Å². The van der Waals surface area contributed by atoms with Crippen LogP contribution in [0.2, 0.25) is 0 Å². The van der Waals surface area contributed by atoms with Crippen LogP contribution in [0.25, 0.3) is 0 Å². The first-order valence-corrected chi connectivity index (χ1v) is 7.21. The fourth-order valence-electron chi connectivity index (χ4n) is 2.82. The highest BCUT2D eigenvalue weighted by Crippen LogP contribution is 2.22. The van der Waals surface area contributed by atoms with Gasteiger partial charge in [0.15, 0.2) is 5.69 Å². The van der Waals surface area contributed by atoms with E-state index in [-0.39, 0.29) is 5.69 Å². The summed E-state index contributed by atoms with van der Waals surface area (Å²) >= 11 is 0. The van der Waals surface area contributed by atoms with Crippen molar-refractivity contribution in [1.29, 1.82) is 0 Å². The summed E-state index contributed by atoms with van der Waals surface area (Å²) in [7, 11) is 3.49. The zero-order valence-corrected chi connectivity index (χ0v) is 12.6. The molecule has 0 bridgehead atoms. The van der Waals surface area contributed by atoms with E-state index < -0.39 is 5.97 Å². The number of aromatic nitrogens is 2. The number of esters is 1. The molecule has 0 aliphatic carbocycles. The van der Waals surface area contributed by atoms with Crippen LogP contribution < -0.4 is 5.73 Å². The summed E-state index contributed by atoms with van der Waals surface area (Å²) in [6, 6.07) is 0.455. The number of hydrogen-bond donors (Lipinski definition) is 1. The summed E-state index contributed by atoms with van der Waals surface area (Å²) in [5.74, 6) is 0.808. The van der Waals surface area contributed by atoms with Crippen LogP contribution in [0.4, 0.5) is 5.82 Å². The molecule has 2 N–H and O–H groups in total. The number of nitrogens with two attached hydrogens (primary N) is 1. The van der Waals surface area contributed by atoms with Crippen molar-refractivity contribution in [3.8, 4) is 0 Å². The lowest BCUT2D eigenvalue weighted by molar-refractivity contribution is 0.0595. The summed E-state index contributed by atoms with van der Waals surface area (Å²) in [5.41, 5.74) is 6.34. The van der Waals surface area contributed by atoms with Gasteiger partial charge in [0, 0.05) is 19.0 Å². The Morgan fingerprint density at radius 3 is 2.85 bits per heavy atom. The van der Waals surface area contributed by atoms with Crippen molar-refractivity contribution in [2.45, 2.75) is 45.2 Å². The van der Waals surface area contributed by atoms with Gasteiger partial charge < -0.3 is 19.9 Å². The highest BCUT2D eigenvalue weighted by molar-refractivity contribution is 5.92. The number of likely N-dealkylation sites (tertiary alicyclic amines) is 1. The average molecular weight is 280 g/mol. The Labute approximate surface area is 119 Å². The topological polar surface area (TPSA) is 73.4 Å². The third-order valence-corrected chi connectivity index (χ3v) is 4.10. The van der Waals surface area contributed by atoms with Gasteiger partial charge in [-0.25, -0.2) is 9.78 Å². The molecule has 0 saturated carbocycles. The van der Waals surface area contributed by atoms with Crippen molar-refractivity contribution in [1.82, 2.24) is 14.5 Å². The summed E-state index contributed by atoms with van der Waals surface area (Å²) in [5, 5.41) is 0. The van der Waals surface area contributed by atoms with Crippen LogP contribution in [0.5, 0.6) is 0 Å². The molecule has 1 aliphatic heterocycles. The highest BCUT2D eigenvalue weighted by atomic mass is 16.5. The lowest BCUT2D eigenvalue weighted by Crippen LogP contribution is -2.39. The lowest BCUT2D eigenvalue weighted by atomic mass is 10.0. The Balaban J connectivity index is 2.25. The Kier molecular flexibility index (Phi) is 4.65. The number of piperidine rings is 1. The first-order valence-electron chi connectivity index (χ1n) is 7.21. The molecule has 0 amide bonds. The van der Waals surface area contributed by atoms with Crippen molar-refractivity contribution in [3.63, 3.8) is 0 Å². The predicted molar refractivity (Wildman–Crippen MR) is 77.6 cm³/mol. The molecular weight excluding hydrogens is 256 g/mol. The van der Waals surface area contributed by atoms with E-state index in [1.165, 1.54) is 20.0 Å². The van der Waals surface area contributed by atoms with Gasteiger partial charge in [-0.1, -0.05) is 13.3 Å². The number of hydrogen-bond acceptors (Lipinski definition) is 5. The molecule has 1 saturated heterocycles. The first kappa shape index (κ1) is 14.8. The molecule has 1 aromatic heterocycles. The van der Waals surface area contributed by atoms with Gasteiger partial charge in [0.2, 0.25) is 0 Å². The highest BCUT2D eigenvalue weighted by Gasteiger charge is 2.25. The normalized spacial score (nSPS) is 20.1.